The molecule has 0 spiro atoms. The molecular weight excluding hydrogens is 330 g/mol. The van der Waals surface area contributed by atoms with E-state index >= 15 is 0 Å². The van der Waals surface area contributed by atoms with Crippen LogP contribution in [0.15, 0.2) is 36.4 Å². The molecule has 2 rings (SSSR count). The molecule has 9 nitrogen and oxygen atoms in total. The fraction of sp³-hybridized carbons (Fsp3) is 0.188. The van der Waals surface area contributed by atoms with Crippen LogP contribution in [0.5, 0.6) is 11.5 Å². The number of amides is 2. The fourth-order valence-electron chi connectivity index (χ4n) is 1.98. The number of aryl methyl sites for hydroxylation is 1. The molecule has 0 aliphatic rings. The van der Waals surface area contributed by atoms with Crippen molar-refractivity contribution < 1.29 is 24.0 Å². The summed E-state index contributed by atoms with van der Waals surface area (Å²) in [5.74, 6) is -1.76. The molecule has 0 atom stereocenters. The molecule has 1 aromatic carbocycles. The quantitative estimate of drug-likeness (QED) is 0.624. The van der Waals surface area contributed by atoms with Gasteiger partial charge in [0.1, 0.15) is 11.4 Å². The van der Waals surface area contributed by atoms with Crippen molar-refractivity contribution >= 4 is 17.6 Å². The van der Waals surface area contributed by atoms with Crippen molar-refractivity contribution in [1.82, 2.24) is 10.3 Å². The minimum atomic E-state index is -0.759. The van der Waals surface area contributed by atoms with Crippen molar-refractivity contribution in [3.63, 3.8) is 0 Å². The predicted molar refractivity (Wildman–Crippen MR) is 86.6 cm³/mol. The number of para-hydroxylation sites is 1. The van der Waals surface area contributed by atoms with Gasteiger partial charge in [0.25, 0.3) is 11.8 Å². The predicted octanol–water partition coefficient (Wildman–Crippen LogP) is 1.64. The zero-order chi connectivity index (χ0) is 18.4. The number of benzene rings is 1. The van der Waals surface area contributed by atoms with Crippen molar-refractivity contribution in [3.8, 4) is 11.5 Å². The van der Waals surface area contributed by atoms with Crippen molar-refractivity contribution in [2.75, 3.05) is 13.7 Å². The number of nitrogens with zero attached hydrogens (tertiary/aromatic N) is 2. The Labute approximate surface area is 142 Å². The molecule has 0 radical (unpaired) electrons. The third kappa shape index (κ3) is 4.50. The molecule has 0 fully saturated rings. The minimum Gasteiger partial charge on any atom is -0.496 e. The van der Waals surface area contributed by atoms with E-state index in [9.17, 15) is 19.7 Å². The van der Waals surface area contributed by atoms with E-state index in [-0.39, 0.29) is 11.3 Å². The lowest BCUT2D eigenvalue weighted by Gasteiger charge is -2.09. The second-order valence-electron chi connectivity index (χ2n) is 4.90. The van der Waals surface area contributed by atoms with E-state index in [2.05, 4.69) is 10.3 Å². The Hall–Kier alpha value is -3.49. The number of methoxy groups -OCH3 is 1. The third-order valence-electron chi connectivity index (χ3n) is 3.11. The Morgan fingerprint density at radius 2 is 1.92 bits per heavy atom. The fourth-order valence-corrected chi connectivity index (χ4v) is 1.98. The number of hydrogen-bond acceptors (Lipinski definition) is 7. The van der Waals surface area contributed by atoms with Crippen molar-refractivity contribution in [3.05, 3.63) is 57.8 Å². The summed E-state index contributed by atoms with van der Waals surface area (Å²) >= 11 is 0. The lowest BCUT2D eigenvalue weighted by molar-refractivity contribution is -0.390. The van der Waals surface area contributed by atoms with Gasteiger partial charge in [0.05, 0.1) is 12.7 Å². The zero-order valence-corrected chi connectivity index (χ0v) is 13.5. The van der Waals surface area contributed by atoms with Gasteiger partial charge in [-0.2, -0.15) is 0 Å². The topological polar surface area (TPSA) is 121 Å². The second kappa shape index (κ2) is 7.86. The average Bonchev–Trinajstić information content (AvgIpc) is 2.60. The van der Waals surface area contributed by atoms with Crippen LogP contribution in [0.25, 0.3) is 0 Å². The Morgan fingerprint density at radius 3 is 2.60 bits per heavy atom. The summed E-state index contributed by atoms with van der Waals surface area (Å²) in [6.07, 6.45) is 0. The summed E-state index contributed by atoms with van der Waals surface area (Å²) in [7, 11) is 1.40. The first-order valence-corrected chi connectivity index (χ1v) is 7.14. The van der Waals surface area contributed by atoms with E-state index in [4.69, 9.17) is 9.47 Å². The number of hydrogen-bond donors (Lipinski definition) is 1. The van der Waals surface area contributed by atoms with Crippen LogP contribution < -0.4 is 14.8 Å². The van der Waals surface area contributed by atoms with Gasteiger partial charge in [0.2, 0.25) is 5.75 Å². The van der Waals surface area contributed by atoms with Crippen LogP contribution in [0.4, 0.5) is 5.82 Å². The van der Waals surface area contributed by atoms with Crippen LogP contribution in [-0.4, -0.2) is 35.4 Å². The average molecular weight is 345 g/mol. The standard InChI is InChI=1S/C16H15N3O6/c1-10-7-8-13(15(17-10)19(22)23)25-9-14(20)18-16(21)11-5-3-4-6-12(11)24-2/h3-8H,9H2,1-2H3,(H,18,20,21). The molecule has 2 amide bonds. The summed E-state index contributed by atoms with van der Waals surface area (Å²) in [6, 6.07) is 9.24. The van der Waals surface area contributed by atoms with Crippen molar-refractivity contribution in [2.45, 2.75) is 6.92 Å². The molecule has 1 heterocycles. The minimum absolute atomic E-state index is 0.157. The molecule has 0 saturated carbocycles. The molecule has 0 aliphatic heterocycles. The molecule has 0 unspecified atom stereocenters. The molecular formula is C16H15N3O6. The van der Waals surface area contributed by atoms with E-state index in [1.54, 1.807) is 25.1 Å². The number of nitrogens with one attached hydrogen (secondary N) is 1. The van der Waals surface area contributed by atoms with E-state index in [0.29, 0.717) is 11.4 Å². The number of imide groups is 1. The SMILES string of the molecule is COc1ccccc1C(=O)NC(=O)COc1ccc(C)nc1[N+](=O)[O-]. The van der Waals surface area contributed by atoms with Gasteiger partial charge >= 0.3 is 5.82 Å². The van der Waals surface area contributed by atoms with Gasteiger partial charge in [-0.25, -0.2) is 0 Å². The maximum atomic E-state index is 12.1. The highest BCUT2D eigenvalue weighted by atomic mass is 16.6. The first-order chi connectivity index (χ1) is 11.9. The maximum Gasteiger partial charge on any atom is 0.406 e. The van der Waals surface area contributed by atoms with Crippen molar-refractivity contribution in [1.29, 1.82) is 0 Å². The molecule has 0 aliphatic carbocycles. The molecule has 0 saturated heterocycles. The van der Waals surface area contributed by atoms with E-state index in [0.717, 1.165) is 0 Å². The number of nitro groups is 1. The Kier molecular flexibility index (Phi) is 5.62. The van der Waals surface area contributed by atoms with E-state index in [1.807, 2.05) is 0 Å². The summed E-state index contributed by atoms with van der Waals surface area (Å²) in [6.45, 7) is 1.02. The summed E-state index contributed by atoms with van der Waals surface area (Å²) in [5, 5.41) is 13.1. The summed E-state index contributed by atoms with van der Waals surface area (Å²) < 4.78 is 10.2. The number of carbonyl (C=O) groups excluding carboxylic acids is 2. The van der Waals surface area contributed by atoms with Gasteiger partial charge in [-0.15, -0.1) is 0 Å². The number of ether oxygens (including phenoxy) is 2. The Morgan fingerprint density at radius 1 is 1.20 bits per heavy atom. The summed E-state index contributed by atoms with van der Waals surface area (Å²) in [5.41, 5.74) is 0.621. The first kappa shape index (κ1) is 17.9. The van der Waals surface area contributed by atoms with E-state index < -0.39 is 29.2 Å². The molecule has 1 N–H and O–H groups in total. The Bertz CT molecular complexity index is 821. The molecule has 9 heteroatoms. The van der Waals surface area contributed by atoms with Gasteiger partial charge in [-0.1, -0.05) is 12.1 Å². The molecule has 2 aromatic rings. The molecule has 25 heavy (non-hydrogen) atoms. The van der Waals surface area contributed by atoms with Crippen LogP contribution in [0.3, 0.4) is 0 Å². The maximum absolute atomic E-state index is 12.1. The number of rotatable bonds is 6. The first-order valence-electron chi connectivity index (χ1n) is 7.14. The highest BCUT2D eigenvalue weighted by molar-refractivity contribution is 6.06. The second-order valence-corrected chi connectivity index (χ2v) is 4.90. The Balaban J connectivity index is 2.02. The molecule has 130 valence electrons. The summed E-state index contributed by atoms with van der Waals surface area (Å²) in [4.78, 5) is 37.9. The number of pyridine rings is 1. The monoisotopic (exact) mass is 345 g/mol. The lowest BCUT2D eigenvalue weighted by atomic mass is 10.2. The van der Waals surface area contributed by atoms with Crippen LogP contribution in [0.1, 0.15) is 16.1 Å². The van der Waals surface area contributed by atoms with Gasteiger partial charge in [0.15, 0.2) is 6.61 Å². The number of aromatic nitrogens is 1. The smallest absolute Gasteiger partial charge is 0.406 e. The lowest BCUT2D eigenvalue weighted by Crippen LogP contribution is -2.34. The number of carbonyl (C=O) groups is 2. The van der Waals surface area contributed by atoms with Gasteiger partial charge in [-0.05, 0) is 34.2 Å². The van der Waals surface area contributed by atoms with Crippen LogP contribution in [0.2, 0.25) is 0 Å². The van der Waals surface area contributed by atoms with Crippen LogP contribution in [-0.2, 0) is 4.79 Å². The zero-order valence-electron chi connectivity index (χ0n) is 13.5. The highest BCUT2D eigenvalue weighted by Gasteiger charge is 2.20. The normalized spacial score (nSPS) is 10.0. The van der Waals surface area contributed by atoms with Crippen molar-refractivity contribution in [2.24, 2.45) is 0 Å². The molecule has 1 aromatic heterocycles. The van der Waals surface area contributed by atoms with Gasteiger partial charge in [0, 0.05) is 6.92 Å². The van der Waals surface area contributed by atoms with Gasteiger partial charge < -0.3 is 19.6 Å². The van der Waals surface area contributed by atoms with Gasteiger partial charge in [-0.3, -0.25) is 14.9 Å². The van der Waals surface area contributed by atoms with E-state index in [1.165, 1.54) is 25.3 Å². The third-order valence-corrected chi connectivity index (χ3v) is 3.11. The van der Waals surface area contributed by atoms with Crippen LogP contribution in [0, 0.1) is 17.0 Å². The molecule has 0 bridgehead atoms. The highest BCUT2D eigenvalue weighted by Crippen LogP contribution is 2.24. The van der Waals surface area contributed by atoms with Crippen LogP contribution >= 0.6 is 0 Å². The largest absolute Gasteiger partial charge is 0.496 e.